The molecular formula is C19H18F3N3OS. The summed E-state index contributed by atoms with van der Waals surface area (Å²) in [7, 11) is 0. The number of hydrogen-bond donors (Lipinski definition) is 1. The van der Waals surface area contributed by atoms with Gasteiger partial charge in [0.25, 0.3) is 0 Å². The fraction of sp³-hybridized carbons (Fsp3) is 0.263. The minimum absolute atomic E-state index is 0.297. The Morgan fingerprint density at radius 3 is 2.48 bits per heavy atom. The first-order chi connectivity index (χ1) is 12.8. The molecule has 0 saturated carbocycles. The van der Waals surface area contributed by atoms with Crippen molar-refractivity contribution in [3.05, 3.63) is 54.1 Å². The number of nitrogens with one attached hydrogen (secondary N) is 1. The molecule has 0 radical (unpaired) electrons. The predicted molar refractivity (Wildman–Crippen MR) is 101 cm³/mol. The summed E-state index contributed by atoms with van der Waals surface area (Å²) in [6, 6.07) is 12.1. The van der Waals surface area contributed by atoms with Gasteiger partial charge in [-0.15, -0.1) is 0 Å². The number of halogens is 3. The smallest absolute Gasteiger partial charge is 0.325 e. The van der Waals surface area contributed by atoms with E-state index < -0.39 is 17.0 Å². The van der Waals surface area contributed by atoms with Gasteiger partial charge in [0.15, 0.2) is 5.16 Å². The van der Waals surface area contributed by atoms with Gasteiger partial charge in [-0.25, -0.2) is 4.98 Å². The number of aryl methyl sites for hydroxylation is 1. The Morgan fingerprint density at radius 1 is 1.19 bits per heavy atom. The lowest BCUT2D eigenvalue weighted by Crippen LogP contribution is -2.23. The highest BCUT2D eigenvalue weighted by atomic mass is 32.2. The summed E-state index contributed by atoms with van der Waals surface area (Å²) in [6.45, 7) is 4.46. The van der Waals surface area contributed by atoms with E-state index >= 15 is 0 Å². The summed E-state index contributed by atoms with van der Waals surface area (Å²) < 4.78 is 39.9. The number of carbonyl (C=O) groups excluding carboxylic acids is 1. The van der Waals surface area contributed by atoms with Crippen molar-refractivity contribution in [1.29, 1.82) is 0 Å². The third kappa shape index (κ3) is 4.27. The van der Waals surface area contributed by atoms with Crippen molar-refractivity contribution < 1.29 is 18.0 Å². The lowest BCUT2D eigenvalue weighted by molar-refractivity contribution is -0.137. The zero-order valence-corrected chi connectivity index (χ0v) is 15.6. The normalized spacial score (nSPS) is 12.9. The van der Waals surface area contributed by atoms with Crippen LogP contribution in [0.2, 0.25) is 0 Å². The van der Waals surface area contributed by atoms with Crippen LogP contribution in [0.15, 0.2) is 53.7 Å². The molecule has 4 nitrogen and oxygen atoms in total. The molecule has 0 saturated heterocycles. The fourth-order valence-corrected chi connectivity index (χ4v) is 3.63. The van der Waals surface area contributed by atoms with Gasteiger partial charge in [0.2, 0.25) is 5.91 Å². The second-order valence-electron chi connectivity index (χ2n) is 5.95. The molecule has 0 aliphatic carbocycles. The van der Waals surface area contributed by atoms with Gasteiger partial charge in [-0.2, -0.15) is 13.2 Å². The number of benzene rings is 2. The van der Waals surface area contributed by atoms with E-state index in [1.807, 2.05) is 35.8 Å². The SMILES string of the molecule is CCn1c(S[C@@H](C)C(=O)Nc2ccc(C(F)(F)F)cc2)nc2ccccc21. The van der Waals surface area contributed by atoms with Crippen LogP contribution < -0.4 is 5.32 Å². The summed E-state index contributed by atoms with van der Waals surface area (Å²) in [5.74, 6) is -0.297. The van der Waals surface area contributed by atoms with E-state index in [9.17, 15) is 18.0 Å². The summed E-state index contributed by atoms with van der Waals surface area (Å²) in [5.41, 5.74) is 1.43. The third-order valence-electron chi connectivity index (χ3n) is 4.07. The van der Waals surface area contributed by atoms with Crippen LogP contribution in [0.25, 0.3) is 11.0 Å². The third-order valence-corrected chi connectivity index (χ3v) is 5.16. The Balaban J connectivity index is 1.71. The zero-order valence-electron chi connectivity index (χ0n) is 14.7. The number of hydrogen-bond acceptors (Lipinski definition) is 3. The number of aromatic nitrogens is 2. The number of amides is 1. The number of anilines is 1. The highest BCUT2D eigenvalue weighted by Gasteiger charge is 2.30. The average molecular weight is 393 g/mol. The average Bonchev–Trinajstić information content (AvgIpc) is 2.98. The molecular weight excluding hydrogens is 375 g/mol. The summed E-state index contributed by atoms with van der Waals surface area (Å²) in [6.07, 6.45) is -4.40. The summed E-state index contributed by atoms with van der Waals surface area (Å²) >= 11 is 1.32. The molecule has 3 aromatic rings. The topological polar surface area (TPSA) is 46.9 Å². The van der Waals surface area contributed by atoms with Crippen LogP contribution in [0.3, 0.4) is 0 Å². The lowest BCUT2D eigenvalue weighted by Gasteiger charge is -2.13. The van der Waals surface area contributed by atoms with Crippen LogP contribution in [0.4, 0.5) is 18.9 Å². The molecule has 1 amide bonds. The highest BCUT2D eigenvalue weighted by Crippen LogP contribution is 2.30. The molecule has 142 valence electrons. The van der Waals surface area contributed by atoms with Gasteiger partial charge in [0, 0.05) is 12.2 Å². The van der Waals surface area contributed by atoms with E-state index in [-0.39, 0.29) is 5.91 Å². The van der Waals surface area contributed by atoms with Crippen LogP contribution in [0.5, 0.6) is 0 Å². The first kappa shape index (κ1) is 19.3. The summed E-state index contributed by atoms with van der Waals surface area (Å²) in [5, 5.41) is 2.91. The molecule has 1 atom stereocenters. The van der Waals surface area contributed by atoms with Crippen molar-refractivity contribution >= 4 is 34.4 Å². The lowest BCUT2D eigenvalue weighted by atomic mass is 10.2. The molecule has 1 heterocycles. The van der Waals surface area contributed by atoms with Gasteiger partial charge in [-0.3, -0.25) is 4.79 Å². The number of para-hydroxylation sites is 2. The van der Waals surface area contributed by atoms with E-state index in [1.54, 1.807) is 6.92 Å². The van der Waals surface area contributed by atoms with E-state index in [4.69, 9.17) is 0 Å². The summed E-state index contributed by atoms with van der Waals surface area (Å²) in [4.78, 5) is 17.0. The minimum atomic E-state index is -4.40. The molecule has 8 heteroatoms. The molecule has 2 aromatic carbocycles. The van der Waals surface area contributed by atoms with Gasteiger partial charge < -0.3 is 9.88 Å². The van der Waals surface area contributed by atoms with Crippen LogP contribution in [0.1, 0.15) is 19.4 Å². The van der Waals surface area contributed by atoms with Gasteiger partial charge in [-0.05, 0) is 50.2 Å². The second-order valence-corrected chi connectivity index (χ2v) is 7.26. The number of fused-ring (bicyclic) bond motifs is 1. The van der Waals surface area contributed by atoms with Crippen LogP contribution in [-0.2, 0) is 17.5 Å². The maximum absolute atomic E-state index is 12.6. The molecule has 1 N–H and O–H groups in total. The van der Waals surface area contributed by atoms with Crippen molar-refractivity contribution in [2.75, 3.05) is 5.32 Å². The molecule has 0 aliphatic rings. The highest BCUT2D eigenvalue weighted by molar-refractivity contribution is 8.00. The van der Waals surface area contributed by atoms with Crippen LogP contribution >= 0.6 is 11.8 Å². The minimum Gasteiger partial charge on any atom is -0.325 e. The van der Waals surface area contributed by atoms with Gasteiger partial charge >= 0.3 is 6.18 Å². The Labute approximate surface area is 158 Å². The Hall–Kier alpha value is -2.48. The Morgan fingerprint density at radius 2 is 1.85 bits per heavy atom. The molecule has 0 spiro atoms. The maximum atomic E-state index is 12.6. The van der Waals surface area contributed by atoms with Crippen molar-refractivity contribution in [2.24, 2.45) is 0 Å². The van der Waals surface area contributed by atoms with Crippen LogP contribution in [0, 0.1) is 0 Å². The van der Waals surface area contributed by atoms with E-state index in [2.05, 4.69) is 10.3 Å². The molecule has 3 rings (SSSR count). The molecule has 0 aliphatic heterocycles. The van der Waals surface area contributed by atoms with Crippen molar-refractivity contribution in [3.8, 4) is 0 Å². The fourth-order valence-electron chi connectivity index (χ4n) is 2.65. The largest absolute Gasteiger partial charge is 0.416 e. The second kappa shape index (κ2) is 7.64. The van der Waals surface area contributed by atoms with Crippen molar-refractivity contribution in [1.82, 2.24) is 9.55 Å². The monoisotopic (exact) mass is 393 g/mol. The Kier molecular flexibility index (Phi) is 5.46. The molecule has 27 heavy (non-hydrogen) atoms. The molecule has 0 fully saturated rings. The first-order valence-electron chi connectivity index (χ1n) is 8.39. The zero-order chi connectivity index (χ0) is 19.6. The number of carbonyl (C=O) groups is 1. The van der Waals surface area contributed by atoms with E-state index in [1.165, 1.54) is 23.9 Å². The van der Waals surface area contributed by atoms with E-state index in [0.717, 1.165) is 34.9 Å². The van der Waals surface area contributed by atoms with Gasteiger partial charge in [0.05, 0.1) is 21.8 Å². The maximum Gasteiger partial charge on any atom is 0.416 e. The molecule has 0 unspecified atom stereocenters. The van der Waals surface area contributed by atoms with Gasteiger partial charge in [-0.1, -0.05) is 23.9 Å². The van der Waals surface area contributed by atoms with E-state index in [0.29, 0.717) is 5.69 Å². The Bertz CT molecular complexity index is 951. The predicted octanol–water partition coefficient (Wildman–Crippen LogP) is 5.19. The van der Waals surface area contributed by atoms with Crippen molar-refractivity contribution in [2.45, 2.75) is 37.0 Å². The number of rotatable bonds is 5. The first-order valence-corrected chi connectivity index (χ1v) is 9.27. The number of alkyl halides is 3. The number of thioether (sulfide) groups is 1. The van der Waals surface area contributed by atoms with Gasteiger partial charge in [0.1, 0.15) is 0 Å². The number of nitrogens with zero attached hydrogens (tertiary/aromatic N) is 2. The van der Waals surface area contributed by atoms with Crippen molar-refractivity contribution in [3.63, 3.8) is 0 Å². The number of imidazole rings is 1. The molecule has 0 bridgehead atoms. The standard InChI is InChI=1S/C19H18F3N3OS/c1-3-25-16-7-5-4-6-15(16)24-18(25)27-12(2)17(26)23-14-10-8-13(9-11-14)19(20,21)22/h4-12H,3H2,1-2H3,(H,23,26)/t12-/m0/s1. The quantitative estimate of drug-likeness (QED) is 0.607. The van der Waals surface area contributed by atoms with Crippen LogP contribution in [-0.4, -0.2) is 20.7 Å². The molecule has 1 aromatic heterocycles.